The van der Waals surface area contributed by atoms with Crippen LogP contribution in [0.2, 0.25) is 0 Å². The van der Waals surface area contributed by atoms with Gasteiger partial charge in [-0.05, 0) is 25.0 Å². The molecular weight excluding hydrogens is 190 g/mol. The molecule has 0 bridgehead atoms. The van der Waals surface area contributed by atoms with Crippen molar-refractivity contribution in [3.05, 3.63) is 29.3 Å². The Bertz CT molecular complexity index is 347. The molecule has 0 saturated carbocycles. The van der Waals surface area contributed by atoms with E-state index in [1.54, 1.807) is 12.1 Å². The number of carboxylic acids is 1. The summed E-state index contributed by atoms with van der Waals surface area (Å²) in [6.45, 7) is 4.85. The second kappa shape index (κ2) is 5.39. The minimum atomic E-state index is -0.877. The zero-order chi connectivity index (χ0) is 11.3. The van der Waals surface area contributed by atoms with Gasteiger partial charge in [-0.2, -0.15) is 0 Å². The Kier molecular flexibility index (Phi) is 4.16. The monoisotopic (exact) mass is 207 g/mol. The van der Waals surface area contributed by atoms with E-state index in [0.29, 0.717) is 5.56 Å². The van der Waals surface area contributed by atoms with Crippen LogP contribution in [0.25, 0.3) is 0 Å². The molecule has 3 nitrogen and oxygen atoms in total. The van der Waals surface area contributed by atoms with Crippen molar-refractivity contribution in [1.29, 1.82) is 0 Å². The molecule has 0 aliphatic rings. The fraction of sp³-hybridized carbons (Fsp3) is 0.417. The first kappa shape index (κ1) is 11.6. The van der Waals surface area contributed by atoms with Gasteiger partial charge >= 0.3 is 5.97 Å². The van der Waals surface area contributed by atoms with Crippen LogP contribution in [0.1, 0.15) is 35.7 Å². The zero-order valence-electron chi connectivity index (χ0n) is 9.21. The maximum absolute atomic E-state index is 11.0. The first-order valence-corrected chi connectivity index (χ1v) is 5.23. The SMILES string of the molecule is CCCCNc1c(C)cccc1C(=O)O. The summed E-state index contributed by atoms with van der Waals surface area (Å²) < 4.78 is 0. The molecular formula is C12H17NO2. The number of rotatable bonds is 5. The van der Waals surface area contributed by atoms with Crippen LogP contribution in [0.4, 0.5) is 5.69 Å². The molecule has 3 heteroatoms. The molecule has 0 fully saturated rings. The third kappa shape index (κ3) is 2.98. The van der Waals surface area contributed by atoms with Gasteiger partial charge in [0.15, 0.2) is 0 Å². The predicted octanol–water partition coefficient (Wildman–Crippen LogP) is 2.91. The first-order valence-electron chi connectivity index (χ1n) is 5.23. The van der Waals surface area contributed by atoms with Crippen LogP contribution in [-0.2, 0) is 0 Å². The third-order valence-corrected chi connectivity index (χ3v) is 2.34. The molecule has 0 aliphatic heterocycles. The molecule has 0 spiro atoms. The molecule has 15 heavy (non-hydrogen) atoms. The lowest BCUT2D eigenvalue weighted by atomic mass is 10.1. The van der Waals surface area contributed by atoms with Crippen molar-refractivity contribution < 1.29 is 9.90 Å². The molecule has 0 heterocycles. The van der Waals surface area contributed by atoms with E-state index in [4.69, 9.17) is 5.11 Å². The van der Waals surface area contributed by atoms with Crippen molar-refractivity contribution in [2.45, 2.75) is 26.7 Å². The molecule has 1 aromatic rings. The number of aryl methyl sites for hydroxylation is 1. The average molecular weight is 207 g/mol. The summed E-state index contributed by atoms with van der Waals surface area (Å²) in [5.74, 6) is -0.877. The van der Waals surface area contributed by atoms with Crippen LogP contribution in [0, 0.1) is 6.92 Å². The molecule has 0 amide bonds. The molecule has 1 aromatic carbocycles. The van der Waals surface area contributed by atoms with Gasteiger partial charge in [0.05, 0.1) is 11.3 Å². The van der Waals surface area contributed by atoms with E-state index >= 15 is 0 Å². The van der Waals surface area contributed by atoms with Gasteiger partial charge in [0.25, 0.3) is 0 Å². The van der Waals surface area contributed by atoms with Crippen LogP contribution in [0.15, 0.2) is 18.2 Å². The van der Waals surface area contributed by atoms with Gasteiger partial charge in [0.2, 0.25) is 0 Å². The van der Waals surface area contributed by atoms with E-state index in [-0.39, 0.29) is 0 Å². The van der Waals surface area contributed by atoms with E-state index in [0.717, 1.165) is 30.6 Å². The number of hydrogen-bond acceptors (Lipinski definition) is 2. The molecule has 1 rings (SSSR count). The largest absolute Gasteiger partial charge is 0.478 e. The summed E-state index contributed by atoms with van der Waals surface area (Å²) in [6.07, 6.45) is 2.15. The maximum Gasteiger partial charge on any atom is 0.337 e. The molecule has 0 aliphatic carbocycles. The minimum absolute atomic E-state index is 0.353. The number of aromatic carboxylic acids is 1. The van der Waals surface area contributed by atoms with Crippen molar-refractivity contribution in [2.75, 3.05) is 11.9 Å². The van der Waals surface area contributed by atoms with Gasteiger partial charge < -0.3 is 10.4 Å². The van der Waals surface area contributed by atoms with E-state index in [2.05, 4.69) is 12.2 Å². The number of carbonyl (C=O) groups is 1. The van der Waals surface area contributed by atoms with Gasteiger partial charge in [0.1, 0.15) is 0 Å². The summed E-state index contributed by atoms with van der Waals surface area (Å²) in [4.78, 5) is 11.0. The van der Waals surface area contributed by atoms with Crippen molar-refractivity contribution >= 4 is 11.7 Å². The molecule has 0 radical (unpaired) electrons. The third-order valence-electron chi connectivity index (χ3n) is 2.34. The standard InChI is InChI=1S/C12H17NO2/c1-3-4-8-13-11-9(2)6-5-7-10(11)12(14)15/h5-7,13H,3-4,8H2,1-2H3,(H,14,15). The highest BCUT2D eigenvalue weighted by Gasteiger charge is 2.10. The quantitative estimate of drug-likeness (QED) is 0.730. The van der Waals surface area contributed by atoms with Gasteiger partial charge in [-0.25, -0.2) is 4.79 Å². The summed E-state index contributed by atoms with van der Waals surface area (Å²) >= 11 is 0. The van der Waals surface area contributed by atoms with Crippen LogP contribution >= 0.6 is 0 Å². The minimum Gasteiger partial charge on any atom is -0.478 e. The van der Waals surface area contributed by atoms with Crippen molar-refractivity contribution in [2.24, 2.45) is 0 Å². The Morgan fingerprint density at radius 3 is 2.80 bits per heavy atom. The van der Waals surface area contributed by atoms with Crippen molar-refractivity contribution in [3.8, 4) is 0 Å². The molecule has 0 aromatic heterocycles. The number of para-hydroxylation sites is 1. The lowest BCUT2D eigenvalue weighted by molar-refractivity contribution is 0.0698. The van der Waals surface area contributed by atoms with Gasteiger partial charge in [0, 0.05) is 6.54 Å². The highest BCUT2D eigenvalue weighted by atomic mass is 16.4. The van der Waals surface area contributed by atoms with Crippen LogP contribution in [0.5, 0.6) is 0 Å². The average Bonchev–Trinajstić information content (AvgIpc) is 2.20. The van der Waals surface area contributed by atoms with Crippen LogP contribution in [0.3, 0.4) is 0 Å². The fourth-order valence-electron chi connectivity index (χ4n) is 1.47. The van der Waals surface area contributed by atoms with Gasteiger partial charge in [-0.3, -0.25) is 0 Å². The lowest BCUT2D eigenvalue weighted by Gasteiger charge is -2.11. The zero-order valence-corrected chi connectivity index (χ0v) is 9.21. The highest BCUT2D eigenvalue weighted by Crippen LogP contribution is 2.20. The lowest BCUT2D eigenvalue weighted by Crippen LogP contribution is -2.08. The Balaban J connectivity index is 2.87. The second-order valence-corrected chi connectivity index (χ2v) is 3.58. The maximum atomic E-state index is 11.0. The Morgan fingerprint density at radius 1 is 1.47 bits per heavy atom. The molecule has 82 valence electrons. The highest BCUT2D eigenvalue weighted by molar-refractivity contribution is 5.95. The number of carboxylic acid groups (broad SMARTS) is 1. The van der Waals surface area contributed by atoms with Crippen LogP contribution < -0.4 is 5.32 Å². The number of hydrogen-bond donors (Lipinski definition) is 2. The summed E-state index contributed by atoms with van der Waals surface area (Å²) in [5.41, 5.74) is 2.08. The Hall–Kier alpha value is -1.51. The molecule has 2 N–H and O–H groups in total. The van der Waals surface area contributed by atoms with E-state index in [1.165, 1.54) is 0 Å². The summed E-state index contributed by atoms with van der Waals surface area (Å²) in [6, 6.07) is 5.31. The molecule has 0 saturated heterocycles. The van der Waals surface area contributed by atoms with E-state index < -0.39 is 5.97 Å². The molecule has 0 atom stereocenters. The van der Waals surface area contributed by atoms with Crippen molar-refractivity contribution in [3.63, 3.8) is 0 Å². The van der Waals surface area contributed by atoms with Gasteiger partial charge in [-0.15, -0.1) is 0 Å². The van der Waals surface area contributed by atoms with E-state index in [1.807, 2.05) is 13.0 Å². The smallest absolute Gasteiger partial charge is 0.337 e. The normalized spacial score (nSPS) is 10.0. The number of unbranched alkanes of at least 4 members (excludes halogenated alkanes) is 1. The topological polar surface area (TPSA) is 49.3 Å². The Labute approximate surface area is 90.1 Å². The summed E-state index contributed by atoms with van der Waals surface area (Å²) in [7, 11) is 0. The molecule has 0 unspecified atom stereocenters. The van der Waals surface area contributed by atoms with Crippen LogP contribution in [-0.4, -0.2) is 17.6 Å². The number of nitrogens with one attached hydrogen (secondary N) is 1. The predicted molar refractivity (Wildman–Crippen MR) is 61.5 cm³/mol. The Morgan fingerprint density at radius 2 is 2.20 bits per heavy atom. The fourth-order valence-corrected chi connectivity index (χ4v) is 1.47. The van der Waals surface area contributed by atoms with Crippen molar-refractivity contribution in [1.82, 2.24) is 0 Å². The summed E-state index contributed by atoms with van der Waals surface area (Å²) in [5, 5.41) is 12.2. The van der Waals surface area contributed by atoms with E-state index in [9.17, 15) is 4.79 Å². The number of benzene rings is 1. The second-order valence-electron chi connectivity index (χ2n) is 3.58. The number of anilines is 1. The first-order chi connectivity index (χ1) is 7.16. The van der Waals surface area contributed by atoms with Gasteiger partial charge in [-0.1, -0.05) is 25.5 Å².